The zero-order chi connectivity index (χ0) is 21.5. The van der Waals surface area contributed by atoms with E-state index in [1.807, 2.05) is 17.5 Å². The molecule has 0 fully saturated rings. The summed E-state index contributed by atoms with van der Waals surface area (Å²) in [4.78, 5) is 28.6. The Hall–Kier alpha value is -3.78. The number of furan rings is 2. The van der Waals surface area contributed by atoms with E-state index in [1.54, 1.807) is 36.4 Å². The summed E-state index contributed by atoms with van der Waals surface area (Å²) in [5.41, 5.74) is 0.412. The second-order valence-corrected chi connectivity index (χ2v) is 7.99. The number of hydrogen-bond acceptors (Lipinski definition) is 7. The van der Waals surface area contributed by atoms with Gasteiger partial charge < -0.3 is 23.6 Å². The smallest absolute Gasteiger partial charge is 0.290 e. The van der Waals surface area contributed by atoms with E-state index < -0.39 is 23.5 Å². The van der Waals surface area contributed by atoms with Gasteiger partial charge >= 0.3 is 0 Å². The van der Waals surface area contributed by atoms with E-state index in [2.05, 4.69) is 0 Å². The fraction of sp³-hybridized carbons (Fsp3) is 0.130. The number of carbonyl (C=O) groups excluding carboxylic acids is 2. The average Bonchev–Trinajstić information content (AvgIpc) is 3.57. The van der Waals surface area contributed by atoms with Crippen LogP contribution in [0.25, 0.3) is 11.0 Å². The molecule has 3 aromatic heterocycles. The normalized spacial score (nSPS) is 16.5. The molecule has 1 aromatic carbocycles. The lowest BCUT2D eigenvalue weighted by Crippen LogP contribution is -2.30. The Morgan fingerprint density at radius 2 is 2.10 bits per heavy atom. The highest BCUT2D eigenvalue weighted by molar-refractivity contribution is 7.10. The van der Waals surface area contributed by atoms with E-state index in [0.29, 0.717) is 22.5 Å². The lowest BCUT2D eigenvalue weighted by atomic mass is 10.00. The Balaban J connectivity index is 1.59. The molecule has 31 heavy (non-hydrogen) atoms. The molecule has 7 nitrogen and oxygen atoms in total. The number of ketones is 1. The molecule has 0 saturated carbocycles. The predicted octanol–water partition coefficient (Wildman–Crippen LogP) is 4.87. The minimum absolute atomic E-state index is 0.0166. The first kappa shape index (κ1) is 19.2. The number of ether oxygens (including phenoxy) is 1. The number of methoxy groups -OCH3 is 1. The molecule has 0 spiro atoms. The van der Waals surface area contributed by atoms with Crippen molar-refractivity contribution in [2.24, 2.45) is 0 Å². The molecule has 1 aliphatic rings. The number of amides is 1. The number of nitrogens with zero attached hydrogens (tertiary/aromatic N) is 1. The van der Waals surface area contributed by atoms with Crippen LogP contribution in [0.3, 0.4) is 0 Å². The van der Waals surface area contributed by atoms with Crippen molar-refractivity contribution in [2.45, 2.75) is 12.6 Å². The number of thiophene rings is 1. The van der Waals surface area contributed by atoms with Crippen LogP contribution in [0.1, 0.15) is 27.2 Å². The zero-order valence-electron chi connectivity index (χ0n) is 16.4. The summed E-state index contributed by atoms with van der Waals surface area (Å²) in [6, 6.07) is 13.3. The summed E-state index contributed by atoms with van der Waals surface area (Å²) in [5, 5.41) is 13.3. The minimum Gasteiger partial charge on any atom is -0.503 e. The molecule has 1 atom stereocenters. The summed E-state index contributed by atoms with van der Waals surface area (Å²) < 4.78 is 16.5. The Bertz CT molecular complexity index is 1300. The maximum Gasteiger partial charge on any atom is 0.290 e. The summed E-state index contributed by atoms with van der Waals surface area (Å²) in [6.07, 6.45) is 1.51. The van der Waals surface area contributed by atoms with Crippen molar-refractivity contribution in [2.75, 3.05) is 7.11 Å². The molecule has 5 rings (SSSR count). The van der Waals surface area contributed by atoms with Crippen LogP contribution in [-0.2, 0) is 11.3 Å². The molecule has 0 bridgehead atoms. The van der Waals surface area contributed by atoms with Gasteiger partial charge in [-0.25, -0.2) is 0 Å². The molecular formula is C23H17NO6S. The van der Waals surface area contributed by atoms with Gasteiger partial charge in [0, 0.05) is 10.3 Å². The molecule has 156 valence electrons. The lowest BCUT2D eigenvalue weighted by Gasteiger charge is -2.24. The summed E-state index contributed by atoms with van der Waals surface area (Å²) >= 11 is 1.40. The van der Waals surface area contributed by atoms with Gasteiger partial charge in [-0.3, -0.25) is 9.59 Å². The third kappa shape index (κ3) is 3.12. The minimum atomic E-state index is -0.750. The number of carbonyl (C=O) groups is 2. The summed E-state index contributed by atoms with van der Waals surface area (Å²) in [7, 11) is 1.52. The topological polar surface area (TPSA) is 93.1 Å². The van der Waals surface area contributed by atoms with Gasteiger partial charge in [0.25, 0.3) is 5.91 Å². The van der Waals surface area contributed by atoms with E-state index in [0.717, 1.165) is 4.88 Å². The molecule has 0 radical (unpaired) electrons. The van der Waals surface area contributed by atoms with E-state index in [-0.39, 0.29) is 17.9 Å². The number of fused-ring (bicyclic) bond motifs is 1. The number of hydrogen-bond donors (Lipinski definition) is 1. The molecule has 1 amide bonds. The SMILES string of the molecule is COc1cccc2cc(C(=O)C3=C(O)C(=O)N(Cc4ccco4)C3c3cccs3)oc12. The predicted molar refractivity (Wildman–Crippen MR) is 113 cm³/mol. The van der Waals surface area contributed by atoms with Gasteiger partial charge in [0.1, 0.15) is 11.8 Å². The van der Waals surface area contributed by atoms with Crippen LogP contribution in [-0.4, -0.2) is 28.8 Å². The first-order valence-electron chi connectivity index (χ1n) is 9.49. The standard InChI is InChI=1S/C23H17NO6S/c1-28-15-7-2-5-13-11-16(30-22(13)15)20(25)18-19(17-8-4-10-31-17)24(23(27)21(18)26)12-14-6-3-9-29-14/h2-11,19,26H,12H2,1H3. The second-order valence-electron chi connectivity index (χ2n) is 7.01. The molecule has 4 aromatic rings. The molecule has 4 heterocycles. The Labute approximate surface area is 180 Å². The molecule has 1 N–H and O–H groups in total. The molecule has 8 heteroatoms. The van der Waals surface area contributed by atoms with Gasteiger partial charge in [0.15, 0.2) is 22.9 Å². The van der Waals surface area contributed by atoms with Crippen molar-refractivity contribution in [1.29, 1.82) is 0 Å². The van der Waals surface area contributed by atoms with Gasteiger partial charge in [-0.2, -0.15) is 0 Å². The maximum atomic E-state index is 13.5. The third-order valence-corrected chi connectivity index (χ3v) is 6.14. The van der Waals surface area contributed by atoms with Crippen LogP contribution in [0.2, 0.25) is 0 Å². The Morgan fingerprint density at radius 1 is 1.23 bits per heavy atom. The largest absolute Gasteiger partial charge is 0.503 e. The van der Waals surface area contributed by atoms with Crippen LogP contribution in [0.5, 0.6) is 5.75 Å². The molecule has 0 saturated heterocycles. The van der Waals surface area contributed by atoms with Crippen molar-refractivity contribution in [3.8, 4) is 5.75 Å². The van der Waals surface area contributed by atoms with Crippen LogP contribution in [0, 0.1) is 0 Å². The molecular weight excluding hydrogens is 418 g/mol. The lowest BCUT2D eigenvalue weighted by molar-refractivity contribution is -0.130. The number of para-hydroxylation sites is 1. The van der Waals surface area contributed by atoms with Gasteiger partial charge in [-0.1, -0.05) is 18.2 Å². The first-order chi connectivity index (χ1) is 15.1. The van der Waals surface area contributed by atoms with Crippen LogP contribution in [0.15, 0.2) is 80.3 Å². The molecule has 1 unspecified atom stereocenters. The van der Waals surface area contributed by atoms with Crippen LogP contribution < -0.4 is 4.74 Å². The molecule has 1 aliphatic heterocycles. The highest BCUT2D eigenvalue weighted by Crippen LogP contribution is 2.42. The van der Waals surface area contributed by atoms with E-state index in [9.17, 15) is 14.7 Å². The summed E-state index contributed by atoms with van der Waals surface area (Å²) in [5.74, 6) is -0.703. The van der Waals surface area contributed by atoms with Crippen molar-refractivity contribution in [3.63, 3.8) is 0 Å². The second kappa shape index (κ2) is 7.48. The van der Waals surface area contributed by atoms with Crippen molar-refractivity contribution < 1.29 is 28.3 Å². The first-order valence-corrected chi connectivity index (χ1v) is 10.4. The fourth-order valence-corrected chi connectivity index (χ4v) is 4.65. The van der Waals surface area contributed by atoms with E-state index >= 15 is 0 Å². The van der Waals surface area contributed by atoms with Crippen molar-refractivity contribution in [1.82, 2.24) is 4.90 Å². The Kier molecular flexibility index (Phi) is 4.63. The van der Waals surface area contributed by atoms with Gasteiger partial charge in [-0.05, 0) is 35.7 Å². The third-order valence-electron chi connectivity index (χ3n) is 5.22. The van der Waals surface area contributed by atoms with Crippen molar-refractivity contribution >= 4 is 34.0 Å². The monoisotopic (exact) mass is 435 g/mol. The Morgan fingerprint density at radius 3 is 2.81 bits per heavy atom. The summed E-state index contributed by atoms with van der Waals surface area (Å²) in [6.45, 7) is 0.114. The highest BCUT2D eigenvalue weighted by atomic mass is 32.1. The molecule has 0 aliphatic carbocycles. The average molecular weight is 435 g/mol. The number of benzene rings is 1. The number of rotatable bonds is 6. The number of Topliss-reactive ketones (excluding diaryl/α,β-unsaturated/α-hetero) is 1. The number of aliphatic hydroxyl groups excluding tert-OH is 1. The number of aliphatic hydroxyl groups is 1. The van der Waals surface area contributed by atoms with Crippen molar-refractivity contribution in [3.05, 3.63) is 87.9 Å². The van der Waals surface area contributed by atoms with Crippen LogP contribution >= 0.6 is 11.3 Å². The highest BCUT2D eigenvalue weighted by Gasteiger charge is 2.45. The van der Waals surface area contributed by atoms with Gasteiger partial charge in [0.2, 0.25) is 5.78 Å². The van der Waals surface area contributed by atoms with Gasteiger partial charge in [0.05, 0.1) is 25.5 Å². The van der Waals surface area contributed by atoms with E-state index in [1.165, 1.54) is 29.6 Å². The van der Waals surface area contributed by atoms with Crippen LogP contribution in [0.4, 0.5) is 0 Å². The zero-order valence-corrected chi connectivity index (χ0v) is 17.2. The van der Waals surface area contributed by atoms with Gasteiger partial charge in [-0.15, -0.1) is 11.3 Å². The maximum absolute atomic E-state index is 13.5. The quantitative estimate of drug-likeness (QED) is 0.434. The fourth-order valence-electron chi connectivity index (χ4n) is 3.80. The van der Waals surface area contributed by atoms with E-state index in [4.69, 9.17) is 13.6 Å².